The quantitative estimate of drug-likeness (QED) is 0.256. The smallest absolute Gasteiger partial charge is 0.253 e. The minimum Gasteiger partial charge on any atom is -0.383 e. The molecular weight excluding hydrogens is 526 g/mol. The van der Waals surface area contributed by atoms with Gasteiger partial charge in [0.15, 0.2) is 5.82 Å². The van der Waals surface area contributed by atoms with Gasteiger partial charge in [-0.25, -0.2) is 4.98 Å². The van der Waals surface area contributed by atoms with E-state index in [2.05, 4.69) is 53.9 Å². The van der Waals surface area contributed by atoms with E-state index in [9.17, 15) is 4.79 Å². The Balaban J connectivity index is 1.41. The second kappa shape index (κ2) is 14.9. The molecule has 1 amide bonds. The molecule has 1 aliphatic rings. The van der Waals surface area contributed by atoms with Crippen LogP contribution in [-0.4, -0.2) is 86.2 Å². The molecule has 0 bridgehead atoms. The third-order valence-corrected chi connectivity index (χ3v) is 7.23. The predicted molar refractivity (Wildman–Crippen MR) is 162 cm³/mol. The molecule has 10 heteroatoms. The highest BCUT2D eigenvalue weighted by Gasteiger charge is 2.16. The van der Waals surface area contributed by atoms with Crippen LogP contribution in [0.15, 0.2) is 48.7 Å². The number of methoxy groups -OCH3 is 1. The van der Waals surface area contributed by atoms with E-state index < -0.39 is 0 Å². The molecule has 3 N–H and O–H groups in total. The summed E-state index contributed by atoms with van der Waals surface area (Å²) in [5.74, 6) is 0.709. The minimum absolute atomic E-state index is 0.137. The summed E-state index contributed by atoms with van der Waals surface area (Å²) in [6.45, 7) is 5.36. The lowest BCUT2D eigenvalue weighted by molar-refractivity contribution is 0.0953. The Morgan fingerprint density at radius 2 is 1.88 bits per heavy atom. The summed E-state index contributed by atoms with van der Waals surface area (Å²) in [4.78, 5) is 26.5. The molecular formula is C30H40ClN7O2. The van der Waals surface area contributed by atoms with Gasteiger partial charge in [-0.1, -0.05) is 29.8 Å². The number of benzene rings is 2. The van der Waals surface area contributed by atoms with Crippen LogP contribution in [0.2, 0.25) is 5.02 Å². The Morgan fingerprint density at radius 3 is 2.67 bits per heavy atom. The summed E-state index contributed by atoms with van der Waals surface area (Å²) in [5, 5.41) is 9.94. The second-order valence-electron chi connectivity index (χ2n) is 10.3. The first-order valence-electron chi connectivity index (χ1n) is 13.8. The van der Waals surface area contributed by atoms with Crippen molar-refractivity contribution >= 4 is 40.6 Å². The number of carbonyl (C=O) groups is 1. The Morgan fingerprint density at radius 1 is 1.07 bits per heavy atom. The van der Waals surface area contributed by atoms with E-state index >= 15 is 0 Å². The van der Waals surface area contributed by atoms with Gasteiger partial charge >= 0.3 is 0 Å². The van der Waals surface area contributed by atoms with Crippen LogP contribution in [0.25, 0.3) is 0 Å². The van der Waals surface area contributed by atoms with Crippen molar-refractivity contribution in [3.8, 4) is 0 Å². The number of fused-ring (bicyclic) bond motifs is 1. The Kier molecular flexibility index (Phi) is 11.1. The van der Waals surface area contributed by atoms with Gasteiger partial charge in [0, 0.05) is 39.0 Å². The van der Waals surface area contributed by atoms with Gasteiger partial charge in [-0.3, -0.25) is 4.79 Å². The van der Waals surface area contributed by atoms with E-state index in [0.29, 0.717) is 34.6 Å². The zero-order valence-corrected chi connectivity index (χ0v) is 24.4. The van der Waals surface area contributed by atoms with Crippen LogP contribution >= 0.6 is 11.6 Å². The molecule has 2 aromatic carbocycles. The van der Waals surface area contributed by atoms with E-state index in [-0.39, 0.29) is 5.91 Å². The van der Waals surface area contributed by atoms with Gasteiger partial charge in [0.25, 0.3) is 5.91 Å². The van der Waals surface area contributed by atoms with Crippen LogP contribution in [0.4, 0.5) is 23.1 Å². The van der Waals surface area contributed by atoms with Crippen molar-refractivity contribution in [2.75, 3.05) is 71.2 Å². The van der Waals surface area contributed by atoms with Crippen molar-refractivity contribution in [2.24, 2.45) is 0 Å². The average Bonchev–Trinajstić information content (AvgIpc) is 3.15. The van der Waals surface area contributed by atoms with Crippen molar-refractivity contribution in [3.63, 3.8) is 0 Å². The van der Waals surface area contributed by atoms with Crippen LogP contribution in [0.3, 0.4) is 0 Å². The molecule has 4 rings (SSSR count). The highest BCUT2D eigenvalue weighted by Crippen LogP contribution is 2.28. The number of ether oxygens (including phenoxy) is 1. The maximum atomic E-state index is 12.9. The summed E-state index contributed by atoms with van der Waals surface area (Å²) in [6.07, 6.45) is 5.51. The minimum atomic E-state index is -0.137. The lowest BCUT2D eigenvalue weighted by atomic mass is 10.0. The van der Waals surface area contributed by atoms with Gasteiger partial charge < -0.3 is 30.5 Å². The fraction of sp³-hybridized carbons (Fsp3) is 0.433. The summed E-state index contributed by atoms with van der Waals surface area (Å²) in [7, 11) is 5.84. The van der Waals surface area contributed by atoms with Crippen LogP contribution < -0.4 is 16.0 Å². The number of nitrogens with zero attached hydrogens (tertiary/aromatic N) is 4. The zero-order valence-electron chi connectivity index (χ0n) is 23.7. The first-order chi connectivity index (χ1) is 19.4. The highest BCUT2D eigenvalue weighted by molar-refractivity contribution is 6.33. The number of aromatic nitrogens is 2. The molecule has 40 heavy (non-hydrogen) atoms. The van der Waals surface area contributed by atoms with Gasteiger partial charge in [-0.05, 0) is 81.7 Å². The van der Waals surface area contributed by atoms with Crippen molar-refractivity contribution < 1.29 is 9.53 Å². The Bertz CT molecular complexity index is 1270. The molecule has 0 radical (unpaired) electrons. The molecule has 2 heterocycles. The zero-order chi connectivity index (χ0) is 28.3. The van der Waals surface area contributed by atoms with Crippen LogP contribution in [0, 0.1) is 0 Å². The molecule has 0 unspecified atom stereocenters. The SMILES string of the molecule is COCCN1CCc2ccc(Nc3ncc(Cl)c(Nc4ccccc4C(=O)NCCCCN(C)C)n3)cc2CC1. The van der Waals surface area contributed by atoms with Gasteiger partial charge in [0.05, 0.1) is 24.1 Å². The van der Waals surface area contributed by atoms with E-state index in [1.54, 1.807) is 19.4 Å². The number of hydrogen-bond acceptors (Lipinski definition) is 8. The predicted octanol–water partition coefficient (Wildman–Crippen LogP) is 4.74. The average molecular weight is 566 g/mol. The molecule has 0 saturated carbocycles. The number of halogens is 1. The highest BCUT2D eigenvalue weighted by atomic mass is 35.5. The summed E-state index contributed by atoms with van der Waals surface area (Å²) >= 11 is 6.45. The first-order valence-corrected chi connectivity index (χ1v) is 14.2. The molecule has 0 fully saturated rings. The Labute approximate surface area is 242 Å². The van der Waals surface area contributed by atoms with E-state index in [0.717, 1.165) is 64.2 Å². The van der Waals surface area contributed by atoms with Gasteiger partial charge in [0.1, 0.15) is 5.02 Å². The van der Waals surface area contributed by atoms with E-state index in [1.807, 2.05) is 32.3 Å². The van der Waals surface area contributed by atoms with Crippen LogP contribution in [-0.2, 0) is 17.6 Å². The summed E-state index contributed by atoms with van der Waals surface area (Å²) in [5.41, 5.74) is 4.79. The third-order valence-electron chi connectivity index (χ3n) is 6.96. The normalized spacial score (nSPS) is 13.5. The van der Waals surface area contributed by atoms with Gasteiger partial charge in [-0.2, -0.15) is 4.98 Å². The lowest BCUT2D eigenvalue weighted by Crippen LogP contribution is -2.29. The molecule has 0 atom stereocenters. The number of amides is 1. The van der Waals surface area contributed by atoms with Crippen LogP contribution in [0.1, 0.15) is 34.3 Å². The number of carbonyl (C=O) groups excluding carboxylic acids is 1. The number of para-hydroxylation sites is 1. The summed E-state index contributed by atoms with van der Waals surface area (Å²) < 4.78 is 5.25. The number of anilines is 4. The third kappa shape index (κ3) is 8.63. The number of rotatable bonds is 13. The molecule has 0 spiro atoms. The number of nitrogens with one attached hydrogen (secondary N) is 3. The fourth-order valence-corrected chi connectivity index (χ4v) is 4.84. The molecule has 0 saturated heterocycles. The van der Waals surface area contributed by atoms with Crippen molar-refractivity contribution in [3.05, 3.63) is 70.4 Å². The molecule has 1 aromatic heterocycles. The standard InChI is InChI=1S/C30H40ClN7O2/c1-37(2)15-7-6-14-32-29(39)25-8-4-5-9-27(25)35-28-26(31)21-33-30(36-28)34-24-11-10-22-12-16-38(18-19-40-3)17-13-23(22)20-24/h4-5,8-11,20-21H,6-7,12-19H2,1-3H3,(H,32,39)(H2,33,34,35,36). The lowest BCUT2D eigenvalue weighted by Gasteiger charge is -2.18. The molecule has 3 aromatic rings. The van der Waals surface area contributed by atoms with Crippen molar-refractivity contribution in [2.45, 2.75) is 25.7 Å². The molecule has 214 valence electrons. The van der Waals surface area contributed by atoms with Gasteiger partial charge in [0.2, 0.25) is 5.95 Å². The van der Waals surface area contributed by atoms with E-state index in [1.165, 1.54) is 11.1 Å². The maximum absolute atomic E-state index is 12.9. The van der Waals surface area contributed by atoms with Crippen molar-refractivity contribution in [1.29, 1.82) is 0 Å². The van der Waals surface area contributed by atoms with Crippen LogP contribution in [0.5, 0.6) is 0 Å². The maximum Gasteiger partial charge on any atom is 0.253 e. The van der Waals surface area contributed by atoms with E-state index in [4.69, 9.17) is 16.3 Å². The number of unbranched alkanes of at least 4 members (excludes halogenated alkanes) is 1. The Hall–Kier alpha value is -3.24. The number of hydrogen-bond donors (Lipinski definition) is 3. The molecule has 9 nitrogen and oxygen atoms in total. The topological polar surface area (TPSA) is 94.7 Å². The second-order valence-corrected chi connectivity index (χ2v) is 10.7. The first kappa shape index (κ1) is 29.7. The fourth-order valence-electron chi connectivity index (χ4n) is 4.71. The monoisotopic (exact) mass is 565 g/mol. The summed E-state index contributed by atoms with van der Waals surface area (Å²) in [6, 6.07) is 13.8. The molecule has 0 aliphatic carbocycles. The largest absolute Gasteiger partial charge is 0.383 e. The van der Waals surface area contributed by atoms with Gasteiger partial charge in [-0.15, -0.1) is 0 Å². The van der Waals surface area contributed by atoms with Crippen molar-refractivity contribution in [1.82, 2.24) is 25.1 Å². The molecule has 1 aliphatic heterocycles.